The van der Waals surface area contributed by atoms with Gasteiger partial charge in [0, 0.05) is 18.9 Å². The van der Waals surface area contributed by atoms with Crippen molar-refractivity contribution in [2.24, 2.45) is 0 Å². The van der Waals surface area contributed by atoms with Crippen molar-refractivity contribution >= 4 is 5.65 Å². The fraction of sp³-hybridized carbons (Fsp3) is 0.143. The average Bonchev–Trinajstić information content (AvgIpc) is 3.07. The zero-order valence-corrected chi connectivity index (χ0v) is 15.0. The van der Waals surface area contributed by atoms with E-state index in [0.29, 0.717) is 12.3 Å². The molecule has 4 aromatic rings. The first kappa shape index (κ1) is 17.2. The third kappa shape index (κ3) is 3.15. The highest BCUT2D eigenvalue weighted by molar-refractivity contribution is 5.81. The van der Waals surface area contributed by atoms with E-state index in [2.05, 4.69) is 4.98 Å². The summed E-state index contributed by atoms with van der Waals surface area (Å²) in [6, 6.07) is 16.0. The Kier molecular flexibility index (Phi) is 4.56. The molecule has 0 saturated carbocycles. The lowest BCUT2D eigenvalue weighted by atomic mass is 10.1. The van der Waals surface area contributed by atoms with E-state index in [4.69, 9.17) is 14.6 Å². The number of benzene rings is 2. The van der Waals surface area contributed by atoms with E-state index in [-0.39, 0.29) is 5.82 Å². The maximum atomic E-state index is 13.4. The van der Waals surface area contributed by atoms with E-state index in [1.807, 2.05) is 30.3 Å². The summed E-state index contributed by atoms with van der Waals surface area (Å²) >= 11 is 0. The van der Waals surface area contributed by atoms with Gasteiger partial charge in [0.2, 0.25) is 0 Å². The van der Waals surface area contributed by atoms with E-state index < -0.39 is 0 Å². The van der Waals surface area contributed by atoms with Crippen LogP contribution in [0.15, 0.2) is 60.8 Å². The third-order valence-electron chi connectivity index (χ3n) is 4.39. The molecule has 0 aliphatic heterocycles. The number of hydrogen-bond donors (Lipinski definition) is 0. The van der Waals surface area contributed by atoms with Crippen LogP contribution in [0.3, 0.4) is 0 Å². The Labute approximate surface area is 156 Å². The van der Waals surface area contributed by atoms with Gasteiger partial charge in [-0.25, -0.2) is 13.9 Å². The number of hydrogen-bond acceptors (Lipinski definition) is 4. The third-order valence-corrected chi connectivity index (χ3v) is 4.39. The fourth-order valence-corrected chi connectivity index (χ4v) is 3.12. The second-order valence-electron chi connectivity index (χ2n) is 6.06. The van der Waals surface area contributed by atoms with Gasteiger partial charge in [-0.1, -0.05) is 12.1 Å². The molecule has 0 aliphatic carbocycles. The van der Waals surface area contributed by atoms with Gasteiger partial charge in [-0.2, -0.15) is 5.10 Å². The van der Waals surface area contributed by atoms with E-state index in [0.717, 1.165) is 33.8 Å². The molecule has 0 bridgehead atoms. The molecule has 2 aromatic heterocycles. The number of methoxy groups -OCH3 is 2. The molecular formula is C21H18FN3O2. The second kappa shape index (κ2) is 7.17. The summed E-state index contributed by atoms with van der Waals surface area (Å²) in [6.07, 6.45) is 1.75. The predicted molar refractivity (Wildman–Crippen MR) is 101 cm³/mol. The average molecular weight is 363 g/mol. The summed E-state index contributed by atoms with van der Waals surface area (Å²) in [4.78, 5) is 4.53. The Bertz CT molecular complexity index is 1070. The normalized spacial score (nSPS) is 11.1. The van der Waals surface area contributed by atoms with Crippen molar-refractivity contribution < 1.29 is 13.9 Å². The Morgan fingerprint density at radius 2 is 1.63 bits per heavy atom. The van der Waals surface area contributed by atoms with Gasteiger partial charge in [-0.15, -0.1) is 0 Å². The monoisotopic (exact) mass is 363 g/mol. The number of halogens is 1. The van der Waals surface area contributed by atoms with Crippen LogP contribution in [0.4, 0.5) is 4.39 Å². The summed E-state index contributed by atoms with van der Waals surface area (Å²) in [5.41, 5.74) is 5.01. The lowest BCUT2D eigenvalue weighted by Gasteiger charge is -2.06. The van der Waals surface area contributed by atoms with Crippen LogP contribution in [-0.2, 0) is 11.3 Å². The smallest absolute Gasteiger partial charge is 0.163 e. The van der Waals surface area contributed by atoms with E-state index in [1.165, 1.54) is 12.1 Å². The molecule has 0 atom stereocenters. The molecule has 2 aromatic carbocycles. The molecule has 27 heavy (non-hydrogen) atoms. The van der Waals surface area contributed by atoms with Crippen molar-refractivity contribution in [1.29, 1.82) is 0 Å². The fourth-order valence-electron chi connectivity index (χ4n) is 3.12. The first-order chi connectivity index (χ1) is 13.2. The summed E-state index contributed by atoms with van der Waals surface area (Å²) in [6.45, 7) is 0.331. The van der Waals surface area contributed by atoms with Crippen molar-refractivity contribution in [3.63, 3.8) is 0 Å². The lowest BCUT2D eigenvalue weighted by molar-refractivity contribution is 0.181. The van der Waals surface area contributed by atoms with E-state index in [1.54, 1.807) is 37.1 Å². The van der Waals surface area contributed by atoms with Gasteiger partial charge in [0.1, 0.15) is 11.6 Å². The van der Waals surface area contributed by atoms with Crippen molar-refractivity contribution in [1.82, 2.24) is 14.6 Å². The highest BCUT2D eigenvalue weighted by atomic mass is 19.1. The lowest BCUT2D eigenvalue weighted by Crippen LogP contribution is -1.96. The van der Waals surface area contributed by atoms with Crippen molar-refractivity contribution in [3.05, 3.63) is 72.3 Å². The molecule has 136 valence electrons. The van der Waals surface area contributed by atoms with Crippen molar-refractivity contribution in [2.45, 2.75) is 6.61 Å². The summed E-state index contributed by atoms with van der Waals surface area (Å²) in [7, 11) is 3.26. The molecule has 0 fully saturated rings. The van der Waals surface area contributed by atoms with E-state index >= 15 is 0 Å². The van der Waals surface area contributed by atoms with Crippen LogP contribution >= 0.6 is 0 Å². The molecule has 0 aliphatic rings. The molecule has 4 rings (SSSR count). The molecule has 5 nitrogen and oxygen atoms in total. The zero-order valence-electron chi connectivity index (χ0n) is 15.0. The molecule has 0 unspecified atom stereocenters. The Morgan fingerprint density at radius 1 is 0.926 bits per heavy atom. The zero-order chi connectivity index (χ0) is 18.8. The molecule has 0 radical (unpaired) electrons. The number of nitrogens with zero attached hydrogens (tertiary/aromatic N) is 3. The quantitative estimate of drug-likeness (QED) is 0.529. The highest BCUT2D eigenvalue weighted by Gasteiger charge is 2.18. The molecule has 6 heteroatoms. The molecule has 0 spiro atoms. The number of aromatic nitrogens is 3. The van der Waals surface area contributed by atoms with Gasteiger partial charge in [0.05, 0.1) is 30.7 Å². The molecule has 0 saturated heterocycles. The molecule has 0 N–H and O–H groups in total. The van der Waals surface area contributed by atoms with Gasteiger partial charge < -0.3 is 9.47 Å². The Morgan fingerprint density at radius 3 is 2.30 bits per heavy atom. The second-order valence-corrected chi connectivity index (χ2v) is 6.06. The standard InChI is InChI=1S/C21H18FN3O2/c1-26-13-18-20(15-3-7-16(22)8-4-15)21-23-12-11-19(25(21)24-18)14-5-9-17(27-2)10-6-14/h3-12H,13H2,1-2H3. The topological polar surface area (TPSA) is 48.7 Å². The van der Waals surface area contributed by atoms with Crippen LogP contribution in [-0.4, -0.2) is 28.8 Å². The maximum Gasteiger partial charge on any atom is 0.163 e. The van der Waals surface area contributed by atoms with Crippen LogP contribution in [0.25, 0.3) is 28.0 Å². The van der Waals surface area contributed by atoms with Gasteiger partial charge in [-0.05, 0) is 48.0 Å². The molecular weight excluding hydrogens is 345 g/mol. The minimum absolute atomic E-state index is 0.282. The molecule has 2 heterocycles. The van der Waals surface area contributed by atoms with Gasteiger partial charge in [-0.3, -0.25) is 0 Å². The van der Waals surface area contributed by atoms with Gasteiger partial charge >= 0.3 is 0 Å². The van der Waals surface area contributed by atoms with Crippen LogP contribution in [0.1, 0.15) is 5.69 Å². The minimum atomic E-state index is -0.282. The summed E-state index contributed by atoms with van der Waals surface area (Å²) in [5.74, 6) is 0.506. The van der Waals surface area contributed by atoms with Gasteiger partial charge in [0.15, 0.2) is 5.65 Å². The van der Waals surface area contributed by atoms with Crippen LogP contribution in [0, 0.1) is 5.82 Å². The molecule has 0 amide bonds. The van der Waals surface area contributed by atoms with Gasteiger partial charge in [0.25, 0.3) is 0 Å². The Balaban J connectivity index is 1.93. The first-order valence-electron chi connectivity index (χ1n) is 8.47. The first-order valence-corrected chi connectivity index (χ1v) is 8.47. The highest BCUT2D eigenvalue weighted by Crippen LogP contribution is 2.31. The van der Waals surface area contributed by atoms with Crippen LogP contribution in [0.2, 0.25) is 0 Å². The predicted octanol–water partition coefficient (Wildman–Crippen LogP) is 4.36. The minimum Gasteiger partial charge on any atom is -0.497 e. The van der Waals surface area contributed by atoms with Crippen molar-refractivity contribution in [2.75, 3.05) is 14.2 Å². The van der Waals surface area contributed by atoms with Crippen LogP contribution in [0.5, 0.6) is 5.75 Å². The number of rotatable bonds is 5. The number of fused-ring (bicyclic) bond motifs is 1. The SMILES string of the molecule is COCc1nn2c(-c3ccc(OC)cc3)ccnc2c1-c1ccc(F)cc1. The Hall–Kier alpha value is -3.25. The largest absolute Gasteiger partial charge is 0.497 e. The summed E-state index contributed by atoms with van der Waals surface area (Å²) < 4.78 is 25.7. The maximum absolute atomic E-state index is 13.4. The number of ether oxygens (including phenoxy) is 2. The van der Waals surface area contributed by atoms with Crippen molar-refractivity contribution in [3.8, 4) is 28.1 Å². The van der Waals surface area contributed by atoms with E-state index in [9.17, 15) is 4.39 Å². The summed E-state index contributed by atoms with van der Waals surface area (Å²) in [5, 5.41) is 4.72. The van der Waals surface area contributed by atoms with Crippen LogP contribution < -0.4 is 4.74 Å².